The van der Waals surface area contributed by atoms with Crippen LogP contribution in [0.2, 0.25) is 0 Å². The van der Waals surface area contributed by atoms with Gasteiger partial charge in [-0.25, -0.2) is 0 Å². The molecule has 2 aromatic rings. The van der Waals surface area contributed by atoms with Crippen LogP contribution in [0.5, 0.6) is 0 Å². The lowest BCUT2D eigenvalue weighted by Crippen LogP contribution is -2.37. The number of nitrogens with zero attached hydrogens (tertiary/aromatic N) is 2. The fraction of sp³-hybridized carbons (Fsp3) is 0.440. The molecule has 4 heteroatoms. The summed E-state index contributed by atoms with van der Waals surface area (Å²) in [5.74, 6) is 1.05. The van der Waals surface area contributed by atoms with Crippen LogP contribution in [-0.4, -0.2) is 36.3 Å². The molecule has 0 aromatic heterocycles. The standard InChI is InChI=1S/C25H30N2O2/c1-17(2)24(28)27-15-12-22-16-21(8-9-23(22)27)19-4-6-20(7-5-19)25(29)26-13-10-18(3)11-14-26/h4-9,16-18H,10-15H2,1-3H3. The summed E-state index contributed by atoms with van der Waals surface area (Å²) in [6, 6.07) is 14.3. The van der Waals surface area contributed by atoms with Gasteiger partial charge in [-0.2, -0.15) is 0 Å². The Hall–Kier alpha value is -2.62. The number of carbonyl (C=O) groups is 2. The fourth-order valence-electron chi connectivity index (χ4n) is 4.32. The minimum absolute atomic E-state index is 0.00817. The van der Waals surface area contributed by atoms with Crippen LogP contribution in [-0.2, 0) is 11.2 Å². The molecule has 2 amide bonds. The average molecular weight is 391 g/mol. The molecule has 0 saturated carbocycles. The predicted molar refractivity (Wildman–Crippen MR) is 117 cm³/mol. The van der Waals surface area contributed by atoms with Crippen molar-refractivity contribution in [2.45, 2.75) is 40.0 Å². The number of anilines is 1. The molecule has 4 nitrogen and oxygen atoms in total. The molecule has 0 atom stereocenters. The second kappa shape index (κ2) is 8.02. The first-order valence-electron chi connectivity index (χ1n) is 10.8. The van der Waals surface area contributed by atoms with E-state index in [1.807, 2.05) is 47.9 Å². The number of likely N-dealkylation sites (tertiary alicyclic amines) is 1. The fourth-order valence-corrected chi connectivity index (χ4v) is 4.32. The summed E-state index contributed by atoms with van der Waals surface area (Å²) in [7, 11) is 0. The third-order valence-electron chi connectivity index (χ3n) is 6.27. The van der Waals surface area contributed by atoms with Gasteiger partial charge in [-0.3, -0.25) is 9.59 Å². The number of hydrogen-bond donors (Lipinski definition) is 0. The van der Waals surface area contributed by atoms with Crippen molar-refractivity contribution in [3.8, 4) is 11.1 Å². The zero-order chi connectivity index (χ0) is 20.5. The van der Waals surface area contributed by atoms with Gasteiger partial charge in [-0.15, -0.1) is 0 Å². The quantitative estimate of drug-likeness (QED) is 0.757. The van der Waals surface area contributed by atoms with Crippen LogP contribution >= 0.6 is 0 Å². The number of hydrogen-bond acceptors (Lipinski definition) is 2. The summed E-state index contributed by atoms with van der Waals surface area (Å²) in [5.41, 5.74) is 5.26. The van der Waals surface area contributed by atoms with Gasteiger partial charge in [0.05, 0.1) is 0 Å². The Bertz CT molecular complexity index is 909. The van der Waals surface area contributed by atoms with Gasteiger partial charge >= 0.3 is 0 Å². The Balaban J connectivity index is 1.50. The summed E-state index contributed by atoms with van der Waals surface area (Å²) >= 11 is 0. The first-order valence-corrected chi connectivity index (χ1v) is 10.8. The van der Waals surface area contributed by atoms with Crippen LogP contribution in [0.1, 0.15) is 49.5 Å². The van der Waals surface area contributed by atoms with Crippen molar-refractivity contribution in [3.63, 3.8) is 0 Å². The van der Waals surface area contributed by atoms with Crippen molar-refractivity contribution in [1.29, 1.82) is 0 Å². The number of benzene rings is 2. The molecule has 1 saturated heterocycles. The first kappa shape index (κ1) is 19.7. The molecule has 1 fully saturated rings. The van der Waals surface area contributed by atoms with Crippen molar-refractivity contribution in [1.82, 2.24) is 4.90 Å². The Morgan fingerprint density at radius 3 is 2.24 bits per heavy atom. The van der Waals surface area contributed by atoms with E-state index in [0.717, 1.165) is 61.3 Å². The van der Waals surface area contributed by atoms with Crippen LogP contribution < -0.4 is 4.90 Å². The molecule has 2 aliphatic rings. The largest absolute Gasteiger partial charge is 0.339 e. The molecule has 4 rings (SSSR count). The molecule has 29 heavy (non-hydrogen) atoms. The van der Waals surface area contributed by atoms with Gasteiger partial charge in [0.2, 0.25) is 5.91 Å². The normalized spacial score (nSPS) is 17.0. The summed E-state index contributed by atoms with van der Waals surface area (Å²) in [4.78, 5) is 29.0. The molecule has 0 spiro atoms. The third kappa shape index (κ3) is 3.93. The summed E-state index contributed by atoms with van der Waals surface area (Å²) in [5, 5.41) is 0. The Morgan fingerprint density at radius 1 is 0.931 bits per heavy atom. The van der Waals surface area contributed by atoms with Crippen molar-refractivity contribution >= 4 is 17.5 Å². The molecule has 2 aromatic carbocycles. The first-order chi connectivity index (χ1) is 13.9. The highest BCUT2D eigenvalue weighted by Gasteiger charge is 2.26. The van der Waals surface area contributed by atoms with Crippen molar-refractivity contribution in [2.24, 2.45) is 11.8 Å². The van der Waals surface area contributed by atoms with Crippen LogP contribution in [0.25, 0.3) is 11.1 Å². The van der Waals surface area contributed by atoms with Gasteiger partial charge in [-0.1, -0.05) is 39.0 Å². The van der Waals surface area contributed by atoms with E-state index in [0.29, 0.717) is 5.92 Å². The van der Waals surface area contributed by atoms with Gasteiger partial charge in [0.1, 0.15) is 0 Å². The molecule has 0 N–H and O–H groups in total. The number of carbonyl (C=O) groups excluding carboxylic acids is 2. The van der Waals surface area contributed by atoms with Crippen LogP contribution in [0.4, 0.5) is 5.69 Å². The van der Waals surface area contributed by atoms with Crippen molar-refractivity contribution < 1.29 is 9.59 Å². The number of rotatable bonds is 3. The second-order valence-electron chi connectivity index (χ2n) is 8.79. The van der Waals surface area contributed by atoms with E-state index in [2.05, 4.69) is 25.1 Å². The van der Waals surface area contributed by atoms with Crippen molar-refractivity contribution in [3.05, 3.63) is 53.6 Å². The van der Waals surface area contributed by atoms with Gasteiger partial charge in [0, 0.05) is 36.8 Å². The minimum Gasteiger partial charge on any atom is -0.339 e. The van der Waals surface area contributed by atoms with Gasteiger partial charge in [-0.05, 0) is 66.1 Å². The summed E-state index contributed by atoms with van der Waals surface area (Å²) in [6.45, 7) is 8.63. The molecule has 0 radical (unpaired) electrons. The number of piperidine rings is 1. The predicted octanol–water partition coefficient (Wildman–Crippen LogP) is 4.77. The van der Waals surface area contributed by atoms with Crippen molar-refractivity contribution in [2.75, 3.05) is 24.5 Å². The monoisotopic (exact) mass is 390 g/mol. The molecule has 2 aliphatic heterocycles. The average Bonchev–Trinajstić information content (AvgIpc) is 3.16. The van der Waals surface area contributed by atoms with E-state index in [9.17, 15) is 9.59 Å². The van der Waals surface area contributed by atoms with E-state index < -0.39 is 0 Å². The van der Waals surface area contributed by atoms with Crippen LogP contribution in [0, 0.1) is 11.8 Å². The number of amides is 2. The molecular weight excluding hydrogens is 360 g/mol. The van der Waals surface area contributed by atoms with E-state index in [4.69, 9.17) is 0 Å². The highest BCUT2D eigenvalue weighted by Crippen LogP contribution is 2.33. The van der Waals surface area contributed by atoms with Crippen LogP contribution in [0.3, 0.4) is 0 Å². The third-order valence-corrected chi connectivity index (χ3v) is 6.27. The summed E-state index contributed by atoms with van der Waals surface area (Å²) in [6.07, 6.45) is 3.08. The molecule has 152 valence electrons. The topological polar surface area (TPSA) is 40.6 Å². The van der Waals surface area contributed by atoms with Gasteiger partial charge in [0.25, 0.3) is 5.91 Å². The lowest BCUT2D eigenvalue weighted by Gasteiger charge is -2.30. The Kier molecular flexibility index (Phi) is 5.44. The molecule has 0 bridgehead atoms. The molecule has 2 heterocycles. The van der Waals surface area contributed by atoms with Crippen LogP contribution in [0.15, 0.2) is 42.5 Å². The van der Waals surface area contributed by atoms with Gasteiger partial charge < -0.3 is 9.80 Å². The Morgan fingerprint density at radius 2 is 1.59 bits per heavy atom. The second-order valence-corrected chi connectivity index (χ2v) is 8.79. The SMILES string of the molecule is CC1CCN(C(=O)c2ccc(-c3ccc4c(c3)CCN4C(=O)C(C)C)cc2)CC1. The lowest BCUT2D eigenvalue weighted by atomic mass is 9.97. The number of fused-ring (bicyclic) bond motifs is 1. The van der Waals surface area contributed by atoms with Gasteiger partial charge in [0.15, 0.2) is 0 Å². The molecular formula is C25H30N2O2. The minimum atomic E-state index is 0.00817. The smallest absolute Gasteiger partial charge is 0.253 e. The lowest BCUT2D eigenvalue weighted by molar-refractivity contribution is -0.121. The maximum Gasteiger partial charge on any atom is 0.253 e. The zero-order valence-electron chi connectivity index (χ0n) is 17.6. The highest BCUT2D eigenvalue weighted by molar-refractivity contribution is 5.97. The highest BCUT2D eigenvalue weighted by atomic mass is 16.2. The van der Waals surface area contributed by atoms with E-state index in [-0.39, 0.29) is 17.7 Å². The van der Waals surface area contributed by atoms with E-state index >= 15 is 0 Å². The van der Waals surface area contributed by atoms with E-state index in [1.165, 1.54) is 5.56 Å². The summed E-state index contributed by atoms with van der Waals surface area (Å²) < 4.78 is 0. The maximum absolute atomic E-state index is 12.8. The molecule has 0 unspecified atom stereocenters. The maximum atomic E-state index is 12.8. The Labute approximate surface area is 173 Å². The zero-order valence-corrected chi connectivity index (χ0v) is 17.6. The molecule has 0 aliphatic carbocycles. The van der Waals surface area contributed by atoms with E-state index in [1.54, 1.807) is 0 Å².